The first-order valence-electron chi connectivity index (χ1n) is 8.47. The molecule has 0 aliphatic carbocycles. The van der Waals surface area contributed by atoms with Crippen molar-refractivity contribution in [3.63, 3.8) is 0 Å². The monoisotopic (exact) mass is 364 g/mol. The van der Waals surface area contributed by atoms with Gasteiger partial charge in [0.2, 0.25) is 0 Å². The van der Waals surface area contributed by atoms with Crippen molar-refractivity contribution in [3.8, 4) is 17.2 Å². The van der Waals surface area contributed by atoms with Crippen LogP contribution in [0.2, 0.25) is 0 Å². The van der Waals surface area contributed by atoms with E-state index in [1.54, 1.807) is 36.4 Å². The summed E-state index contributed by atoms with van der Waals surface area (Å²) in [5.41, 5.74) is 1.87. The van der Waals surface area contributed by atoms with Crippen molar-refractivity contribution in [2.75, 3.05) is 0 Å². The van der Waals surface area contributed by atoms with Crippen LogP contribution >= 0.6 is 0 Å². The lowest BCUT2D eigenvalue weighted by molar-refractivity contribution is 0.442. The Hall–Kier alpha value is -3.47. The van der Waals surface area contributed by atoms with Crippen LogP contribution in [0.4, 0.5) is 0 Å². The molecule has 1 aromatic heterocycles. The van der Waals surface area contributed by atoms with Gasteiger partial charge < -0.3 is 19.7 Å². The fourth-order valence-electron chi connectivity index (χ4n) is 2.70. The summed E-state index contributed by atoms with van der Waals surface area (Å²) < 4.78 is 5.66. The quantitative estimate of drug-likeness (QED) is 0.589. The summed E-state index contributed by atoms with van der Waals surface area (Å²) >= 11 is 0. The molecule has 0 aliphatic rings. The SMILES string of the molecule is CC(C)=CCc1c(O)cc2oc(/C=C/c3ccc(O)cc3)cc(=O)c2c1O. The number of allylic oxidation sites excluding steroid dienone is 2. The molecular formula is C22H20O5. The van der Waals surface area contributed by atoms with E-state index in [0.29, 0.717) is 12.0 Å². The molecule has 27 heavy (non-hydrogen) atoms. The number of fused-ring (bicyclic) bond motifs is 1. The maximum atomic E-state index is 12.5. The summed E-state index contributed by atoms with van der Waals surface area (Å²) in [6, 6.07) is 9.19. The zero-order chi connectivity index (χ0) is 19.6. The highest BCUT2D eigenvalue weighted by atomic mass is 16.3. The molecule has 2 aromatic carbocycles. The molecule has 3 N–H and O–H groups in total. The molecule has 0 fully saturated rings. The minimum Gasteiger partial charge on any atom is -0.508 e. The van der Waals surface area contributed by atoms with E-state index < -0.39 is 5.43 Å². The molecule has 5 heteroatoms. The second-order valence-corrected chi connectivity index (χ2v) is 6.52. The van der Waals surface area contributed by atoms with Crippen LogP contribution in [-0.2, 0) is 6.42 Å². The Morgan fingerprint density at radius 3 is 2.41 bits per heavy atom. The lowest BCUT2D eigenvalue weighted by Gasteiger charge is -2.09. The highest BCUT2D eigenvalue weighted by Gasteiger charge is 2.16. The average molecular weight is 364 g/mol. The van der Waals surface area contributed by atoms with Crippen LogP contribution in [0, 0.1) is 0 Å². The molecule has 0 spiro atoms. The first-order chi connectivity index (χ1) is 12.8. The Bertz CT molecular complexity index is 1100. The maximum absolute atomic E-state index is 12.5. The van der Waals surface area contributed by atoms with Crippen molar-refractivity contribution >= 4 is 23.1 Å². The molecule has 138 valence electrons. The summed E-state index contributed by atoms with van der Waals surface area (Å²) in [5, 5.41) is 30.0. The number of rotatable bonds is 4. The lowest BCUT2D eigenvalue weighted by Crippen LogP contribution is -2.02. The Kier molecular flexibility index (Phi) is 5.03. The number of aromatic hydroxyl groups is 3. The fraction of sp³-hybridized carbons (Fsp3) is 0.136. The molecule has 1 heterocycles. The molecule has 3 rings (SSSR count). The van der Waals surface area contributed by atoms with E-state index in [1.165, 1.54) is 12.1 Å². The Morgan fingerprint density at radius 2 is 1.74 bits per heavy atom. The van der Waals surface area contributed by atoms with Crippen molar-refractivity contribution in [2.45, 2.75) is 20.3 Å². The van der Waals surface area contributed by atoms with E-state index in [-0.39, 0.29) is 34.0 Å². The van der Waals surface area contributed by atoms with Gasteiger partial charge >= 0.3 is 0 Å². The minimum atomic E-state index is -0.391. The van der Waals surface area contributed by atoms with Gasteiger partial charge in [0, 0.05) is 17.7 Å². The Labute approximate surface area is 156 Å². The Morgan fingerprint density at radius 1 is 1.04 bits per heavy atom. The molecule has 0 saturated carbocycles. The number of hydrogen-bond donors (Lipinski definition) is 3. The van der Waals surface area contributed by atoms with Gasteiger partial charge in [0.1, 0.15) is 34.0 Å². The van der Waals surface area contributed by atoms with Gasteiger partial charge in [-0.3, -0.25) is 4.79 Å². The van der Waals surface area contributed by atoms with E-state index in [4.69, 9.17) is 4.42 Å². The van der Waals surface area contributed by atoms with E-state index in [0.717, 1.165) is 11.1 Å². The van der Waals surface area contributed by atoms with Gasteiger partial charge in [-0.25, -0.2) is 0 Å². The van der Waals surface area contributed by atoms with Crippen LogP contribution in [-0.4, -0.2) is 15.3 Å². The molecule has 0 saturated heterocycles. The normalized spacial score (nSPS) is 11.2. The molecule has 0 bridgehead atoms. The first-order valence-corrected chi connectivity index (χ1v) is 8.47. The van der Waals surface area contributed by atoms with Gasteiger partial charge in [-0.15, -0.1) is 0 Å². The summed E-state index contributed by atoms with van der Waals surface area (Å²) in [7, 11) is 0. The van der Waals surface area contributed by atoms with E-state index in [9.17, 15) is 20.1 Å². The van der Waals surface area contributed by atoms with Crippen LogP contribution in [0.1, 0.15) is 30.7 Å². The van der Waals surface area contributed by atoms with Crippen LogP contribution in [0.5, 0.6) is 17.2 Å². The topological polar surface area (TPSA) is 90.9 Å². The summed E-state index contributed by atoms with van der Waals surface area (Å²) in [6.45, 7) is 3.83. The zero-order valence-electron chi connectivity index (χ0n) is 15.1. The smallest absolute Gasteiger partial charge is 0.197 e. The minimum absolute atomic E-state index is 0.0479. The molecule has 0 atom stereocenters. The highest BCUT2D eigenvalue weighted by molar-refractivity contribution is 5.87. The van der Waals surface area contributed by atoms with Crippen molar-refractivity contribution in [2.24, 2.45) is 0 Å². The third kappa shape index (κ3) is 4.03. The van der Waals surface area contributed by atoms with Crippen molar-refractivity contribution in [3.05, 3.63) is 75.2 Å². The van der Waals surface area contributed by atoms with Crippen molar-refractivity contribution in [1.82, 2.24) is 0 Å². The second-order valence-electron chi connectivity index (χ2n) is 6.52. The predicted octanol–water partition coefficient (Wildman–Crippen LogP) is 4.59. The lowest BCUT2D eigenvalue weighted by atomic mass is 10.0. The van der Waals surface area contributed by atoms with Gasteiger partial charge in [0.15, 0.2) is 5.43 Å². The van der Waals surface area contributed by atoms with Crippen molar-refractivity contribution in [1.29, 1.82) is 0 Å². The van der Waals surface area contributed by atoms with E-state index in [2.05, 4.69) is 0 Å². The average Bonchev–Trinajstić information content (AvgIpc) is 2.60. The van der Waals surface area contributed by atoms with Gasteiger partial charge in [-0.1, -0.05) is 29.9 Å². The van der Waals surface area contributed by atoms with Crippen LogP contribution in [0.25, 0.3) is 23.1 Å². The molecule has 0 radical (unpaired) electrons. The van der Waals surface area contributed by atoms with Crippen LogP contribution in [0.3, 0.4) is 0 Å². The standard InChI is InChI=1S/C22H20O5/c1-13(2)3-10-17-18(24)12-20-21(22(17)26)19(25)11-16(27-20)9-6-14-4-7-15(23)8-5-14/h3-9,11-12,23-24,26H,10H2,1-2H3/b9-6+. The third-order valence-electron chi connectivity index (χ3n) is 4.14. The van der Waals surface area contributed by atoms with Gasteiger partial charge in [0.05, 0.1) is 0 Å². The zero-order valence-corrected chi connectivity index (χ0v) is 15.1. The summed E-state index contributed by atoms with van der Waals surface area (Å²) in [4.78, 5) is 12.5. The Balaban J connectivity index is 2.04. The number of benzene rings is 2. The number of phenolic OH excluding ortho intramolecular Hbond substituents is 3. The van der Waals surface area contributed by atoms with Gasteiger partial charge in [-0.2, -0.15) is 0 Å². The molecule has 3 aromatic rings. The summed E-state index contributed by atoms with van der Waals surface area (Å²) in [6.07, 6.45) is 5.51. The molecule has 0 unspecified atom stereocenters. The molecule has 0 aliphatic heterocycles. The van der Waals surface area contributed by atoms with Gasteiger partial charge in [0.25, 0.3) is 0 Å². The van der Waals surface area contributed by atoms with E-state index >= 15 is 0 Å². The first kappa shape index (κ1) is 18.3. The van der Waals surface area contributed by atoms with E-state index in [1.807, 2.05) is 19.9 Å². The van der Waals surface area contributed by atoms with Crippen LogP contribution in [0.15, 0.2) is 57.3 Å². The van der Waals surface area contributed by atoms with Crippen molar-refractivity contribution < 1.29 is 19.7 Å². The fourth-order valence-corrected chi connectivity index (χ4v) is 2.70. The number of hydrogen-bond acceptors (Lipinski definition) is 5. The molecule has 5 nitrogen and oxygen atoms in total. The van der Waals surface area contributed by atoms with Gasteiger partial charge in [-0.05, 0) is 44.0 Å². The molecular weight excluding hydrogens is 344 g/mol. The molecule has 0 amide bonds. The second kappa shape index (κ2) is 7.41. The summed E-state index contributed by atoms with van der Waals surface area (Å²) in [5.74, 6) is 0.0707. The predicted molar refractivity (Wildman–Crippen MR) is 106 cm³/mol. The third-order valence-corrected chi connectivity index (χ3v) is 4.14. The van der Waals surface area contributed by atoms with Crippen LogP contribution < -0.4 is 5.43 Å². The highest BCUT2D eigenvalue weighted by Crippen LogP contribution is 2.35. The largest absolute Gasteiger partial charge is 0.508 e. The maximum Gasteiger partial charge on any atom is 0.197 e. The number of phenols is 3.